The van der Waals surface area contributed by atoms with Gasteiger partial charge in [-0.1, -0.05) is 17.7 Å². The van der Waals surface area contributed by atoms with E-state index in [9.17, 15) is 18.0 Å². The Labute approximate surface area is 182 Å². The molecule has 1 saturated heterocycles. The summed E-state index contributed by atoms with van der Waals surface area (Å²) >= 11 is 0. The fraction of sp³-hybridized carbons (Fsp3) is 0.364. The quantitative estimate of drug-likeness (QED) is 0.606. The molecule has 2 aromatic carbocycles. The minimum absolute atomic E-state index is 0.164. The van der Waals surface area contributed by atoms with Gasteiger partial charge in [0, 0.05) is 31.5 Å². The Kier molecular flexibility index (Phi) is 7.29. The van der Waals surface area contributed by atoms with Crippen molar-refractivity contribution >= 4 is 27.5 Å². The fourth-order valence-electron chi connectivity index (χ4n) is 3.45. The maximum atomic E-state index is 12.9. The van der Waals surface area contributed by atoms with E-state index in [1.807, 2.05) is 6.92 Å². The van der Waals surface area contributed by atoms with E-state index in [0.29, 0.717) is 37.4 Å². The SMILES string of the molecule is COCCNC(=O)[C@H]1CCCN1C(=O)c1ccc(NS(=O)(=O)c2ccc(C)cc2)cc1. The fourth-order valence-corrected chi connectivity index (χ4v) is 4.51. The van der Waals surface area contributed by atoms with Crippen LogP contribution in [0.15, 0.2) is 53.4 Å². The average Bonchev–Trinajstić information content (AvgIpc) is 3.24. The number of rotatable bonds is 8. The van der Waals surface area contributed by atoms with Gasteiger partial charge in [0.1, 0.15) is 6.04 Å². The predicted molar refractivity (Wildman–Crippen MR) is 117 cm³/mol. The van der Waals surface area contributed by atoms with E-state index in [2.05, 4.69) is 10.0 Å². The lowest BCUT2D eigenvalue weighted by atomic mass is 10.1. The van der Waals surface area contributed by atoms with Gasteiger partial charge < -0.3 is 15.0 Å². The first-order valence-electron chi connectivity index (χ1n) is 10.1. The summed E-state index contributed by atoms with van der Waals surface area (Å²) in [7, 11) is -2.16. The van der Waals surface area contributed by atoms with Gasteiger partial charge in [0.15, 0.2) is 0 Å². The second-order valence-electron chi connectivity index (χ2n) is 7.44. The number of sulfonamides is 1. The Balaban J connectivity index is 1.67. The van der Waals surface area contributed by atoms with E-state index in [4.69, 9.17) is 4.74 Å². The average molecular weight is 446 g/mol. The Morgan fingerprint density at radius 2 is 1.77 bits per heavy atom. The summed E-state index contributed by atoms with van der Waals surface area (Å²) in [4.78, 5) is 27.0. The third kappa shape index (κ3) is 5.62. The monoisotopic (exact) mass is 445 g/mol. The maximum absolute atomic E-state index is 12.9. The van der Waals surface area contributed by atoms with Gasteiger partial charge in [0.05, 0.1) is 11.5 Å². The predicted octanol–water partition coefficient (Wildman–Crippen LogP) is 2.16. The summed E-state index contributed by atoms with van der Waals surface area (Å²) in [6, 6.07) is 12.3. The van der Waals surface area contributed by atoms with Gasteiger partial charge in [0.2, 0.25) is 5.91 Å². The summed E-state index contributed by atoms with van der Waals surface area (Å²) in [5.41, 5.74) is 1.72. The zero-order chi connectivity index (χ0) is 22.4. The summed E-state index contributed by atoms with van der Waals surface area (Å²) in [6.45, 7) is 3.19. The van der Waals surface area contributed by atoms with Crippen molar-refractivity contribution < 1.29 is 22.7 Å². The molecule has 8 nitrogen and oxygen atoms in total. The van der Waals surface area contributed by atoms with E-state index >= 15 is 0 Å². The van der Waals surface area contributed by atoms with Crippen LogP contribution in [0.1, 0.15) is 28.8 Å². The van der Waals surface area contributed by atoms with Gasteiger partial charge in [-0.05, 0) is 56.2 Å². The number of benzene rings is 2. The summed E-state index contributed by atoms with van der Waals surface area (Å²) in [6.07, 6.45) is 1.36. The van der Waals surface area contributed by atoms with Gasteiger partial charge in [-0.15, -0.1) is 0 Å². The first-order valence-corrected chi connectivity index (χ1v) is 11.6. The number of ether oxygens (including phenoxy) is 1. The molecule has 0 spiro atoms. The molecule has 1 atom stereocenters. The number of carbonyl (C=O) groups excluding carboxylic acids is 2. The largest absolute Gasteiger partial charge is 0.383 e. The Morgan fingerprint density at radius 3 is 2.42 bits per heavy atom. The summed E-state index contributed by atoms with van der Waals surface area (Å²) in [5.74, 6) is -0.442. The highest BCUT2D eigenvalue weighted by Gasteiger charge is 2.34. The van der Waals surface area contributed by atoms with Crippen LogP contribution in [0.5, 0.6) is 0 Å². The zero-order valence-corrected chi connectivity index (χ0v) is 18.4. The number of aryl methyl sites for hydroxylation is 1. The topological polar surface area (TPSA) is 105 Å². The van der Waals surface area contributed by atoms with Crippen molar-refractivity contribution in [1.29, 1.82) is 0 Å². The minimum atomic E-state index is -3.72. The lowest BCUT2D eigenvalue weighted by Crippen LogP contribution is -2.46. The van der Waals surface area contributed by atoms with Crippen molar-refractivity contribution in [3.8, 4) is 0 Å². The number of amides is 2. The molecule has 1 aliphatic heterocycles. The molecule has 3 rings (SSSR count). The first-order chi connectivity index (χ1) is 14.8. The smallest absolute Gasteiger partial charge is 0.261 e. The van der Waals surface area contributed by atoms with Gasteiger partial charge in [-0.3, -0.25) is 14.3 Å². The number of nitrogens with one attached hydrogen (secondary N) is 2. The van der Waals surface area contributed by atoms with E-state index in [-0.39, 0.29) is 16.7 Å². The van der Waals surface area contributed by atoms with Crippen LogP contribution in [0.3, 0.4) is 0 Å². The Hall–Kier alpha value is -2.91. The van der Waals surface area contributed by atoms with Crippen LogP contribution >= 0.6 is 0 Å². The first kappa shape index (κ1) is 22.8. The number of anilines is 1. The third-order valence-corrected chi connectivity index (χ3v) is 6.53. The Bertz CT molecular complexity index is 1020. The lowest BCUT2D eigenvalue weighted by molar-refractivity contribution is -0.125. The Morgan fingerprint density at radius 1 is 1.10 bits per heavy atom. The highest BCUT2D eigenvalue weighted by Crippen LogP contribution is 2.22. The van der Waals surface area contributed by atoms with Crippen molar-refractivity contribution in [2.45, 2.75) is 30.7 Å². The van der Waals surface area contributed by atoms with Crippen molar-refractivity contribution in [2.24, 2.45) is 0 Å². The molecule has 0 radical (unpaired) electrons. The lowest BCUT2D eigenvalue weighted by Gasteiger charge is -2.24. The van der Waals surface area contributed by atoms with Gasteiger partial charge in [0.25, 0.3) is 15.9 Å². The minimum Gasteiger partial charge on any atom is -0.383 e. The number of likely N-dealkylation sites (tertiary alicyclic amines) is 1. The van der Waals surface area contributed by atoms with Gasteiger partial charge in [-0.2, -0.15) is 0 Å². The molecule has 0 aromatic heterocycles. The highest BCUT2D eigenvalue weighted by atomic mass is 32.2. The van der Waals surface area contributed by atoms with Crippen molar-refractivity contribution in [3.63, 3.8) is 0 Å². The number of carbonyl (C=O) groups is 2. The van der Waals surface area contributed by atoms with Crippen LogP contribution in [0.25, 0.3) is 0 Å². The molecular formula is C22H27N3O5S. The normalized spacial score (nSPS) is 16.2. The number of methoxy groups -OCH3 is 1. The van der Waals surface area contributed by atoms with Crippen molar-refractivity contribution in [2.75, 3.05) is 31.5 Å². The van der Waals surface area contributed by atoms with E-state index in [1.54, 1.807) is 60.5 Å². The third-order valence-electron chi connectivity index (χ3n) is 5.14. The molecule has 1 fully saturated rings. The van der Waals surface area contributed by atoms with Gasteiger partial charge in [-0.25, -0.2) is 8.42 Å². The maximum Gasteiger partial charge on any atom is 0.261 e. The van der Waals surface area contributed by atoms with E-state index < -0.39 is 16.1 Å². The summed E-state index contributed by atoms with van der Waals surface area (Å²) in [5, 5.41) is 2.78. The van der Waals surface area contributed by atoms with Crippen LogP contribution in [0.4, 0.5) is 5.69 Å². The van der Waals surface area contributed by atoms with Crippen LogP contribution in [-0.2, 0) is 19.6 Å². The second-order valence-corrected chi connectivity index (χ2v) is 9.12. The molecule has 0 aliphatic carbocycles. The molecule has 0 saturated carbocycles. The number of hydrogen-bond acceptors (Lipinski definition) is 5. The molecule has 2 amide bonds. The standard InChI is InChI=1S/C22H27N3O5S/c1-16-5-11-19(12-6-16)31(28,29)24-18-9-7-17(8-10-18)22(27)25-14-3-4-20(25)21(26)23-13-15-30-2/h5-12,20,24H,3-4,13-15H2,1-2H3,(H,23,26)/t20-/m1/s1. The molecule has 2 N–H and O–H groups in total. The molecule has 2 aromatic rings. The van der Waals surface area contributed by atoms with E-state index in [0.717, 1.165) is 12.0 Å². The van der Waals surface area contributed by atoms with Crippen LogP contribution < -0.4 is 10.0 Å². The van der Waals surface area contributed by atoms with Crippen LogP contribution in [-0.4, -0.2) is 58.0 Å². The molecule has 0 bridgehead atoms. The number of nitrogens with zero attached hydrogens (tertiary/aromatic N) is 1. The summed E-state index contributed by atoms with van der Waals surface area (Å²) < 4.78 is 32.5. The van der Waals surface area contributed by atoms with Crippen LogP contribution in [0, 0.1) is 6.92 Å². The van der Waals surface area contributed by atoms with E-state index in [1.165, 1.54) is 0 Å². The molecule has 9 heteroatoms. The number of hydrogen-bond donors (Lipinski definition) is 2. The molecule has 1 heterocycles. The van der Waals surface area contributed by atoms with Crippen LogP contribution in [0.2, 0.25) is 0 Å². The highest BCUT2D eigenvalue weighted by molar-refractivity contribution is 7.92. The van der Waals surface area contributed by atoms with Crippen molar-refractivity contribution in [1.82, 2.24) is 10.2 Å². The molecule has 1 aliphatic rings. The second kappa shape index (κ2) is 9.93. The molecular weight excluding hydrogens is 418 g/mol. The molecule has 166 valence electrons. The molecule has 0 unspecified atom stereocenters. The zero-order valence-electron chi connectivity index (χ0n) is 17.6. The molecule has 31 heavy (non-hydrogen) atoms. The van der Waals surface area contributed by atoms with Gasteiger partial charge >= 0.3 is 0 Å². The van der Waals surface area contributed by atoms with Crippen molar-refractivity contribution in [3.05, 3.63) is 59.7 Å².